The van der Waals surface area contributed by atoms with Crippen LogP contribution in [0.4, 0.5) is 0 Å². The molecular weight excluding hydrogens is 334 g/mol. The fourth-order valence-corrected chi connectivity index (χ4v) is 3.71. The van der Waals surface area contributed by atoms with Crippen molar-refractivity contribution in [1.82, 2.24) is 5.32 Å². The molecule has 1 aromatic heterocycles. The van der Waals surface area contributed by atoms with Gasteiger partial charge in [-0.1, -0.05) is 48.6 Å². The first-order valence-corrected chi connectivity index (χ1v) is 9.30. The second kappa shape index (κ2) is 8.62. The first-order chi connectivity index (χ1) is 12.2. The molecule has 0 radical (unpaired) electrons. The largest absolute Gasteiger partial charge is 0.456 e. The molecule has 2 aromatic rings. The highest BCUT2D eigenvalue weighted by Gasteiger charge is 2.20. The summed E-state index contributed by atoms with van der Waals surface area (Å²) in [7, 11) is 0. The van der Waals surface area contributed by atoms with Crippen molar-refractivity contribution in [2.45, 2.75) is 25.3 Å². The fourth-order valence-electron chi connectivity index (χ4n) is 2.91. The number of rotatable bonds is 7. The zero-order valence-corrected chi connectivity index (χ0v) is 14.7. The summed E-state index contributed by atoms with van der Waals surface area (Å²) >= 11 is 1.58. The summed E-state index contributed by atoms with van der Waals surface area (Å²) in [5.41, 5.74) is 1.00. The van der Waals surface area contributed by atoms with Crippen LogP contribution in [0.15, 0.2) is 60.0 Å². The van der Waals surface area contributed by atoms with Crippen LogP contribution in [0.1, 0.15) is 35.7 Å². The highest BCUT2D eigenvalue weighted by Crippen LogP contribution is 2.26. The topological polar surface area (TPSA) is 55.4 Å². The van der Waals surface area contributed by atoms with Gasteiger partial charge < -0.3 is 10.1 Å². The van der Waals surface area contributed by atoms with Crippen molar-refractivity contribution in [3.63, 3.8) is 0 Å². The van der Waals surface area contributed by atoms with E-state index in [0.29, 0.717) is 6.42 Å². The van der Waals surface area contributed by atoms with Gasteiger partial charge in [0.05, 0.1) is 12.5 Å². The van der Waals surface area contributed by atoms with Crippen LogP contribution < -0.4 is 5.32 Å². The number of hydrogen-bond acceptors (Lipinski definition) is 4. The van der Waals surface area contributed by atoms with E-state index in [1.807, 2.05) is 53.9 Å². The Kier molecular flexibility index (Phi) is 6.01. The van der Waals surface area contributed by atoms with Gasteiger partial charge in [-0.15, -0.1) is 11.3 Å². The maximum Gasteiger partial charge on any atom is 0.306 e. The summed E-state index contributed by atoms with van der Waals surface area (Å²) in [5.74, 6) is -0.365. The van der Waals surface area contributed by atoms with Crippen molar-refractivity contribution in [1.29, 1.82) is 0 Å². The molecule has 25 heavy (non-hydrogen) atoms. The van der Waals surface area contributed by atoms with Crippen LogP contribution >= 0.6 is 11.3 Å². The van der Waals surface area contributed by atoms with E-state index >= 15 is 0 Å². The molecule has 1 amide bonds. The summed E-state index contributed by atoms with van der Waals surface area (Å²) in [4.78, 5) is 25.2. The highest BCUT2D eigenvalue weighted by molar-refractivity contribution is 7.10. The number of thiophene rings is 1. The lowest BCUT2D eigenvalue weighted by Gasteiger charge is -2.18. The van der Waals surface area contributed by atoms with E-state index in [1.165, 1.54) is 0 Å². The molecule has 1 N–H and O–H groups in total. The first kappa shape index (κ1) is 17.4. The third kappa shape index (κ3) is 5.03. The van der Waals surface area contributed by atoms with Gasteiger partial charge in [-0.2, -0.15) is 0 Å². The van der Waals surface area contributed by atoms with Gasteiger partial charge in [-0.3, -0.25) is 9.59 Å². The number of nitrogens with one attached hydrogen (secondary N) is 1. The van der Waals surface area contributed by atoms with Crippen LogP contribution in [-0.4, -0.2) is 18.5 Å². The van der Waals surface area contributed by atoms with Gasteiger partial charge in [0.25, 0.3) is 5.91 Å². The van der Waals surface area contributed by atoms with Crippen LogP contribution in [-0.2, 0) is 14.3 Å². The van der Waals surface area contributed by atoms with Crippen molar-refractivity contribution >= 4 is 23.2 Å². The Morgan fingerprint density at radius 3 is 2.72 bits per heavy atom. The number of amides is 1. The molecule has 0 saturated carbocycles. The van der Waals surface area contributed by atoms with Gasteiger partial charge in [-0.25, -0.2) is 0 Å². The Hall–Kier alpha value is -2.40. The van der Waals surface area contributed by atoms with Crippen molar-refractivity contribution in [3.8, 4) is 0 Å². The summed E-state index contributed by atoms with van der Waals surface area (Å²) in [5, 5.41) is 4.94. The Labute approximate surface area is 151 Å². The lowest BCUT2D eigenvalue weighted by molar-refractivity contribution is -0.149. The predicted octanol–water partition coefficient (Wildman–Crippen LogP) is 3.85. The van der Waals surface area contributed by atoms with Crippen molar-refractivity contribution < 1.29 is 14.3 Å². The minimum Gasteiger partial charge on any atom is -0.456 e. The van der Waals surface area contributed by atoms with Gasteiger partial charge in [0.15, 0.2) is 6.61 Å². The minimum atomic E-state index is -0.320. The third-order valence-electron chi connectivity index (χ3n) is 4.17. The number of benzene rings is 1. The molecule has 1 aromatic carbocycles. The summed E-state index contributed by atoms with van der Waals surface area (Å²) in [6, 6.07) is 13.5. The average molecular weight is 355 g/mol. The maximum absolute atomic E-state index is 12.3. The van der Waals surface area contributed by atoms with Gasteiger partial charge in [0.1, 0.15) is 0 Å². The van der Waals surface area contributed by atoms with Crippen molar-refractivity contribution in [2.75, 3.05) is 6.61 Å². The van der Waals surface area contributed by atoms with Crippen LogP contribution in [0.5, 0.6) is 0 Å². The van der Waals surface area contributed by atoms with Gasteiger partial charge in [-0.05, 0) is 35.8 Å². The van der Waals surface area contributed by atoms with E-state index in [2.05, 4.69) is 11.4 Å². The van der Waals surface area contributed by atoms with E-state index in [-0.39, 0.29) is 30.4 Å². The van der Waals surface area contributed by atoms with Gasteiger partial charge >= 0.3 is 5.97 Å². The highest BCUT2D eigenvalue weighted by atomic mass is 32.1. The second-order valence-corrected chi connectivity index (χ2v) is 7.04. The lowest BCUT2D eigenvalue weighted by Crippen LogP contribution is -2.32. The van der Waals surface area contributed by atoms with E-state index in [4.69, 9.17) is 4.74 Å². The van der Waals surface area contributed by atoms with Crippen LogP contribution in [0.25, 0.3) is 0 Å². The number of esters is 1. The lowest BCUT2D eigenvalue weighted by atomic mass is 10.1. The normalized spacial score (nSPS) is 17.2. The molecule has 0 aliphatic heterocycles. The van der Waals surface area contributed by atoms with Crippen LogP contribution in [0.3, 0.4) is 0 Å². The molecular formula is C20H21NO3S. The summed E-state index contributed by atoms with van der Waals surface area (Å²) < 4.78 is 5.14. The first-order valence-electron chi connectivity index (χ1n) is 8.42. The number of carbonyl (C=O) groups excluding carboxylic acids is 2. The Morgan fingerprint density at radius 2 is 2.04 bits per heavy atom. The van der Waals surface area contributed by atoms with Crippen LogP contribution in [0.2, 0.25) is 0 Å². The monoisotopic (exact) mass is 355 g/mol. The maximum atomic E-state index is 12.3. The molecule has 5 heteroatoms. The standard InChI is InChI=1S/C20H21NO3S/c22-18(14-24-19(23)13-15-7-4-5-8-15)21-20(17-11-6-12-25-17)16-9-2-1-3-10-16/h1-4,6-7,9-12,15,20H,5,8,13-14H2,(H,21,22)/t15-,20+/m0/s1. The number of carbonyl (C=O) groups is 2. The molecule has 0 unspecified atom stereocenters. The zero-order valence-electron chi connectivity index (χ0n) is 13.9. The predicted molar refractivity (Wildman–Crippen MR) is 98.2 cm³/mol. The third-order valence-corrected chi connectivity index (χ3v) is 5.11. The molecule has 0 saturated heterocycles. The Bertz CT molecular complexity index is 725. The molecule has 130 valence electrons. The average Bonchev–Trinajstić information content (AvgIpc) is 3.32. The Balaban J connectivity index is 1.55. The molecule has 3 rings (SSSR count). The SMILES string of the molecule is O=C(COC(=O)C[C@H]1C=CCC1)N[C@H](c1ccccc1)c1cccs1. The summed E-state index contributed by atoms with van der Waals surface area (Å²) in [6.07, 6.45) is 6.46. The molecule has 1 aliphatic carbocycles. The number of ether oxygens (including phenoxy) is 1. The summed E-state index contributed by atoms with van der Waals surface area (Å²) in [6.45, 7) is -0.246. The van der Waals surface area contributed by atoms with E-state index < -0.39 is 0 Å². The Morgan fingerprint density at radius 1 is 1.20 bits per heavy atom. The zero-order chi connectivity index (χ0) is 17.5. The number of allylic oxidation sites excluding steroid dienone is 2. The smallest absolute Gasteiger partial charge is 0.306 e. The van der Waals surface area contributed by atoms with Crippen LogP contribution in [0, 0.1) is 5.92 Å². The van der Waals surface area contributed by atoms with Gasteiger partial charge in [0.2, 0.25) is 0 Å². The molecule has 0 bridgehead atoms. The molecule has 1 aliphatic rings. The molecule has 0 spiro atoms. The molecule has 0 fully saturated rings. The number of hydrogen-bond donors (Lipinski definition) is 1. The molecule has 1 heterocycles. The fraction of sp³-hybridized carbons (Fsp3) is 0.300. The van der Waals surface area contributed by atoms with E-state index in [0.717, 1.165) is 23.3 Å². The minimum absolute atomic E-state index is 0.231. The molecule has 4 nitrogen and oxygen atoms in total. The van der Waals surface area contributed by atoms with Crippen molar-refractivity contribution in [2.24, 2.45) is 5.92 Å². The van der Waals surface area contributed by atoms with Crippen molar-refractivity contribution in [3.05, 3.63) is 70.4 Å². The second-order valence-electron chi connectivity index (χ2n) is 6.06. The van der Waals surface area contributed by atoms with Gasteiger partial charge in [0, 0.05) is 4.88 Å². The molecule has 2 atom stereocenters. The quantitative estimate of drug-likeness (QED) is 0.606. The van der Waals surface area contributed by atoms with E-state index in [1.54, 1.807) is 11.3 Å². The van der Waals surface area contributed by atoms with E-state index in [9.17, 15) is 9.59 Å².